The lowest BCUT2D eigenvalue weighted by atomic mass is 9.93. The average molecular weight is 585 g/mol. The number of alkyl halides is 3. The summed E-state index contributed by atoms with van der Waals surface area (Å²) in [4.78, 5) is 21.2. The van der Waals surface area contributed by atoms with Crippen molar-refractivity contribution in [3.05, 3.63) is 60.9 Å². The predicted molar refractivity (Wildman–Crippen MR) is 161 cm³/mol. The van der Waals surface area contributed by atoms with E-state index in [0.29, 0.717) is 30.3 Å². The SMILES string of the molecule is CCCCCC(C)(F)C(=O)Oc1ccc(-c2cnc(-c3ccc(OCC(F)C(C)(F)CCCC(C)C)cc3)nc2)cc1. The third-order valence-electron chi connectivity index (χ3n) is 7.33. The molecular weight excluding hydrogens is 541 g/mol. The van der Waals surface area contributed by atoms with Crippen molar-refractivity contribution < 1.29 is 27.4 Å². The number of hydrogen-bond acceptors (Lipinski definition) is 5. The molecule has 3 atom stereocenters. The van der Waals surface area contributed by atoms with Crippen LogP contribution in [0.15, 0.2) is 60.9 Å². The fraction of sp³-hybridized carbons (Fsp3) is 0.500. The van der Waals surface area contributed by atoms with Crippen LogP contribution in [0.3, 0.4) is 0 Å². The number of rotatable bonds is 16. The van der Waals surface area contributed by atoms with Crippen molar-refractivity contribution >= 4 is 5.97 Å². The summed E-state index contributed by atoms with van der Waals surface area (Å²) in [5, 5.41) is 0. The van der Waals surface area contributed by atoms with Crippen molar-refractivity contribution in [3.63, 3.8) is 0 Å². The molecule has 5 nitrogen and oxygen atoms in total. The van der Waals surface area contributed by atoms with Gasteiger partial charge in [-0.3, -0.25) is 0 Å². The lowest BCUT2D eigenvalue weighted by molar-refractivity contribution is -0.147. The summed E-state index contributed by atoms with van der Waals surface area (Å²) in [5.74, 6) is 0.763. The molecule has 0 aliphatic carbocycles. The minimum atomic E-state index is -2.03. The quantitative estimate of drug-likeness (QED) is 0.0954. The first-order chi connectivity index (χ1) is 19.9. The van der Waals surface area contributed by atoms with Crippen molar-refractivity contribution in [1.29, 1.82) is 0 Å². The molecule has 1 heterocycles. The molecule has 3 aromatic rings. The first-order valence-corrected chi connectivity index (χ1v) is 14.8. The molecule has 1 aromatic heterocycles. The summed E-state index contributed by atoms with van der Waals surface area (Å²) in [6.45, 7) is 8.35. The molecule has 0 fully saturated rings. The maximum atomic E-state index is 14.7. The van der Waals surface area contributed by atoms with Gasteiger partial charge in [-0.1, -0.05) is 52.2 Å². The summed E-state index contributed by atoms with van der Waals surface area (Å²) in [5.41, 5.74) is -1.66. The molecule has 0 spiro atoms. The van der Waals surface area contributed by atoms with Crippen LogP contribution < -0.4 is 9.47 Å². The van der Waals surface area contributed by atoms with E-state index in [0.717, 1.165) is 36.0 Å². The van der Waals surface area contributed by atoms with Crippen LogP contribution in [0.5, 0.6) is 11.5 Å². The Labute approximate surface area is 247 Å². The van der Waals surface area contributed by atoms with Gasteiger partial charge in [0, 0.05) is 23.5 Å². The first kappa shape index (κ1) is 33.1. The number of benzene rings is 2. The number of carbonyl (C=O) groups excluding carboxylic acids is 1. The van der Waals surface area contributed by atoms with Gasteiger partial charge in [0.1, 0.15) is 23.8 Å². The van der Waals surface area contributed by atoms with Gasteiger partial charge in [0.25, 0.3) is 0 Å². The summed E-state index contributed by atoms with van der Waals surface area (Å²) in [7, 11) is 0. The Morgan fingerprint density at radius 2 is 1.43 bits per heavy atom. The van der Waals surface area contributed by atoms with Gasteiger partial charge in [-0.15, -0.1) is 0 Å². The molecule has 228 valence electrons. The van der Waals surface area contributed by atoms with Crippen LogP contribution in [0, 0.1) is 5.92 Å². The number of ether oxygens (including phenoxy) is 2. The van der Waals surface area contributed by atoms with E-state index in [-0.39, 0.29) is 25.2 Å². The van der Waals surface area contributed by atoms with Crippen molar-refractivity contribution in [3.8, 4) is 34.0 Å². The van der Waals surface area contributed by atoms with Gasteiger partial charge in [-0.2, -0.15) is 0 Å². The summed E-state index contributed by atoms with van der Waals surface area (Å²) < 4.78 is 54.7. The second kappa shape index (κ2) is 15.2. The van der Waals surface area contributed by atoms with Gasteiger partial charge in [0.15, 0.2) is 12.0 Å². The van der Waals surface area contributed by atoms with Gasteiger partial charge in [0.2, 0.25) is 5.67 Å². The van der Waals surface area contributed by atoms with Crippen LogP contribution in [0.1, 0.15) is 79.6 Å². The summed E-state index contributed by atoms with van der Waals surface area (Å²) >= 11 is 0. The fourth-order valence-corrected chi connectivity index (χ4v) is 4.42. The smallest absolute Gasteiger partial charge is 0.348 e. The van der Waals surface area contributed by atoms with Gasteiger partial charge in [-0.05, 0) is 87.4 Å². The third kappa shape index (κ3) is 9.85. The Hall–Kier alpha value is -3.42. The van der Waals surface area contributed by atoms with Crippen LogP contribution in [0.25, 0.3) is 22.5 Å². The van der Waals surface area contributed by atoms with E-state index < -0.39 is 23.5 Å². The second-order valence-corrected chi connectivity index (χ2v) is 11.7. The Morgan fingerprint density at radius 3 is 2.02 bits per heavy atom. The maximum Gasteiger partial charge on any atom is 0.348 e. The highest BCUT2D eigenvalue weighted by molar-refractivity contribution is 5.81. The Balaban J connectivity index is 1.54. The Kier molecular flexibility index (Phi) is 11.9. The molecule has 0 N–H and O–H groups in total. The maximum absolute atomic E-state index is 14.7. The minimum Gasteiger partial charge on any atom is -0.490 e. The van der Waals surface area contributed by atoms with E-state index in [1.807, 2.05) is 6.92 Å². The summed E-state index contributed by atoms with van der Waals surface area (Å²) in [6.07, 6.45) is 5.86. The minimum absolute atomic E-state index is 0.132. The van der Waals surface area contributed by atoms with E-state index in [1.165, 1.54) is 13.8 Å². The van der Waals surface area contributed by atoms with Crippen molar-refractivity contribution in [2.24, 2.45) is 5.92 Å². The van der Waals surface area contributed by atoms with Gasteiger partial charge < -0.3 is 9.47 Å². The molecule has 0 aliphatic heterocycles. The van der Waals surface area contributed by atoms with Crippen LogP contribution in [0.2, 0.25) is 0 Å². The number of nitrogens with zero attached hydrogens (tertiary/aromatic N) is 2. The molecule has 0 saturated carbocycles. The van der Waals surface area contributed by atoms with Crippen molar-refractivity contribution in [1.82, 2.24) is 9.97 Å². The molecule has 0 bridgehead atoms. The molecule has 0 amide bonds. The predicted octanol–water partition coefficient (Wildman–Crippen LogP) is 9.30. The number of halogens is 3. The zero-order valence-electron chi connectivity index (χ0n) is 25.3. The van der Waals surface area contributed by atoms with Crippen LogP contribution in [0.4, 0.5) is 13.2 Å². The molecule has 42 heavy (non-hydrogen) atoms. The molecule has 0 aliphatic rings. The number of esters is 1. The highest BCUT2D eigenvalue weighted by Gasteiger charge is 2.35. The zero-order valence-corrected chi connectivity index (χ0v) is 25.3. The van der Waals surface area contributed by atoms with Gasteiger partial charge in [-0.25, -0.2) is 27.9 Å². The van der Waals surface area contributed by atoms with E-state index in [1.54, 1.807) is 60.9 Å². The van der Waals surface area contributed by atoms with E-state index in [9.17, 15) is 18.0 Å². The van der Waals surface area contributed by atoms with Crippen LogP contribution in [-0.2, 0) is 4.79 Å². The molecule has 2 aromatic carbocycles. The third-order valence-corrected chi connectivity index (χ3v) is 7.33. The first-order valence-electron chi connectivity index (χ1n) is 14.8. The highest BCUT2D eigenvalue weighted by atomic mass is 19.2. The zero-order chi connectivity index (χ0) is 30.8. The average Bonchev–Trinajstić information content (AvgIpc) is 2.96. The van der Waals surface area contributed by atoms with E-state index >= 15 is 0 Å². The Bertz CT molecular complexity index is 1240. The van der Waals surface area contributed by atoms with Crippen molar-refractivity contribution in [2.45, 2.75) is 97.1 Å². The van der Waals surface area contributed by atoms with Gasteiger partial charge >= 0.3 is 5.97 Å². The van der Waals surface area contributed by atoms with Crippen molar-refractivity contribution in [2.75, 3.05) is 6.61 Å². The number of carbonyl (C=O) groups is 1. The highest BCUT2D eigenvalue weighted by Crippen LogP contribution is 2.29. The molecule has 8 heteroatoms. The number of unbranched alkanes of at least 4 members (excludes halogenated alkanes) is 2. The lowest BCUT2D eigenvalue weighted by Gasteiger charge is -2.25. The van der Waals surface area contributed by atoms with E-state index in [4.69, 9.17) is 9.47 Å². The molecule has 0 saturated heterocycles. The van der Waals surface area contributed by atoms with E-state index in [2.05, 4.69) is 23.8 Å². The normalized spacial score (nSPS) is 15.1. The molecule has 3 unspecified atom stereocenters. The standard InChI is InChI=1S/C34H43F3N2O3/c1-6-7-8-19-34(5,37)32(40)42-29-17-11-25(12-18-29)27-21-38-31(39-22-27)26-13-15-28(16-14-26)41-23-30(35)33(4,36)20-9-10-24(2)3/h11-18,21-22,24,30H,6-10,19-20,23H2,1-5H3. The second-order valence-electron chi connectivity index (χ2n) is 11.7. The Morgan fingerprint density at radius 1 is 0.833 bits per heavy atom. The fourth-order valence-electron chi connectivity index (χ4n) is 4.42. The monoisotopic (exact) mass is 584 g/mol. The molecule has 3 rings (SSSR count). The summed E-state index contributed by atoms with van der Waals surface area (Å²) in [6, 6.07) is 13.6. The largest absolute Gasteiger partial charge is 0.490 e. The number of hydrogen-bond donors (Lipinski definition) is 0. The topological polar surface area (TPSA) is 61.3 Å². The molecule has 0 radical (unpaired) electrons. The van der Waals surface area contributed by atoms with Gasteiger partial charge in [0.05, 0.1) is 0 Å². The number of aromatic nitrogens is 2. The molecular formula is C34H43F3N2O3. The van der Waals surface area contributed by atoms with Crippen LogP contribution in [-0.4, -0.2) is 40.1 Å². The lowest BCUT2D eigenvalue weighted by Crippen LogP contribution is -2.36. The van der Waals surface area contributed by atoms with Crippen LogP contribution >= 0.6 is 0 Å².